The number of ether oxygens (including phenoxy) is 2. The van der Waals surface area contributed by atoms with E-state index in [1.807, 2.05) is 0 Å². The summed E-state index contributed by atoms with van der Waals surface area (Å²) >= 11 is 5.87. The number of benzene rings is 2. The van der Waals surface area contributed by atoms with Crippen molar-refractivity contribution in [3.8, 4) is 11.5 Å². The van der Waals surface area contributed by atoms with Crippen LogP contribution in [0.15, 0.2) is 36.4 Å². The van der Waals surface area contributed by atoms with Crippen LogP contribution in [0.5, 0.6) is 11.5 Å². The van der Waals surface area contributed by atoms with Gasteiger partial charge in [-0.3, -0.25) is 0 Å². The van der Waals surface area contributed by atoms with Gasteiger partial charge in [0.15, 0.2) is 0 Å². The standard InChI is InChI=1S/C14H11ClFO2/c1-17-12-4-6-13(7-5-12)18-9-10-2-3-11(16)8-14(10)15/h3-8H,9H2,1H3. The molecule has 0 N–H and O–H groups in total. The molecular weight excluding hydrogens is 255 g/mol. The van der Waals surface area contributed by atoms with Gasteiger partial charge in [0.1, 0.15) is 23.9 Å². The third-order valence-electron chi connectivity index (χ3n) is 2.38. The molecule has 0 aliphatic heterocycles. The summed E-state index contributed by atoms with van der Waals surface area (Å²) in [7, 11) is 1.60. The van der Waals surface area contributed by atoms with Crippen molar-refractivity contribution in [2.75, 3.05) is 7.11 Å². The van der Waals surface area contributed by atoms with E-state index in [1.165, 1.54) is 12.1 Å². The molecule has 0 bridgehead atoms. The van der Waals surface area contributed by atoms with Gasteiger partial charge in [-0.1, -0.05) is 11.6 Å². The monoisotopic (exact) mass is 265 g/mol. The smallest absolute Gasteiger partial charge is 0.125 e. The Morgan fingerprint density at radius 1 is 1.22 bits per heavy atom. The van der Waals surface area contributed by atoms with Gasteiger partial charge in [-0.15, -0.1) is 0 Å². The fourth-order valence-corrected chi connectivity index (χ4v) is 1.63. The second-order valence-electron chi connectivity index (χ2n) is 3.61. The van der Waals surface area contributed by atoms with Crippen LogP contribution in [0, 0.1) is 11.9 Å². The van der Waals surface area contributed by atoms with E-state index in [2.05, 4.69) is 6.07 Å². The van der Waals surface area contributed by atoms with Crippen LogP contribution in [0.3, 0.4) is 0 Å². The Kier molecular flexibility index (Phi) is 4.05. The summed E-state index contributed by atoms with van der Waals surface area (Å²) in [6, 6.07) is 12.4. The predicted octanol–water partition coefficient (Wildman–Crippen LogP) is 3.87. The van der Waals surface area contributed by atoms with Crippen molar-refractivity contribution < 1.29 is 13.9 Å². The van der Waals surface area contributed by atoms with Crippen LogP contribution in [0.4, 0.5) is 4.39 Å². The Balaban J connectivity index is 2.02. The first kappa shape index (κ1) is 12.7. The third kappa shape index (κ3) is 3.14. The Bertz CT molecular complexity index is 526. The summed E-state index contributed by atoms with van der Waals surface area (Å²) in [6.45, 7) is 0.242. The van der Waals surface area contributed by atoms with Crippen molar-refractivity contribution in [1.82, 2.24) is 0 Å². The fourth-order valence-electron chi connectivity index (χ4n) is 1.41. The molecule has 2 aromatic carbocycles. The summed E-state index contributed by atoms with van der Waals surface area (Å²) in [6.07, 6.45) is 0. The van der Waals surface area contributed by atoms with E-state index in [4.69, 9.17) is 21.1 Å². The highest BCUT2D eigenvalue weighted by atomic mass is 35.5. The van der Waals surface area contributed by atoms with Gasteiger partial charge < -0.3 is 9.47 Å². The van der Waals surface area contributed by atoms with Crippen LogP contribution in [-0.4, -0.2) is 7.11 Å². The molecule has 0 aromatic heterocycles. The molecule has 2 nitrogen and oxygen atoms in total. The van der Waals surface area contributed by atoms with Gasteiger partial charge in [0.2, 0.25) is 0 Å². The molecule has 0 fully saturated rings. The second kappa shape index (κ2) is 5.74. The minimum atomic E-state index is -0.409. The predicted molar refractivity (Wildman–Crippen MR) is 67.6 cm³/mol. The Morgan fingerprint density at radius 2 is 1.89 bits per heavy atom. The normalized spacial score (nSPS) is 10.2. The molecule has 2 rings (SSSR count). The molecule has 0 saturated carbocycles. The lowest BCUT2D eigenvalue weighted by molar-refractivity contribution is 0.305. The van der Waals surface area contributed by atoms with E-state index in [0.29, 0.717) is 16.3 Å². The van der Waals surface area contributed by atoms with Crippen LogP contribution >= 0.6 is 11.6 Å². The summed E-state index contributed by atoms with van der Waals surface area (Å²) in [5.74, 6) is 1.03. The minimum Gasteiger partial charge on any atom is -0.497 e. The van der Waals surface area contributed by atoms with Crippen molar-refractivity contribution in [1.29, 1.82) is 0 Å². The molecule has 0 spiro atoms. The van der Waals surface area contributed by atoms with Gasteiger partial charge >= 0.3 is 0 Å². The molecule has 18 heavy (non-hydrogen) atoms. The molecule has 93 valence electrons. The lowest BCUT2D eigenvalue weighted by atomic mass is 10.2. The molecule has 1 radical (unpaired) electrons. The van der Waals surface area contributed by atoms with Crippen molar-refractivity contribution in [2.24, 2.45) is 0 Å². The second-order valence-corrected chi connectivity index (χ2v) is 4.02. The Labute approximate surface area is 110 Å². The first-order valence-corrected chi connectivity index (χ1v) is 5.69. The molecule has 2 aromatic rings. The van der Waals surface area contributed by atoms with E-state index >= 15 is 0 Å². The van der Waals surface area contributed by atoms with Crippen LogP contribution < -0.4 is 9.47 Å². The van der Waals surface area contributed by atoms with Gasteiger partial charge in [0.05, 0.1) is 12.1 Å². The highest BCUT2D eigenvalue weighted by Crippen LogP contribution is 2.21. The quantitative estimate of drug-likeness (QED) is 0.836. The van der Waals surface area contributed by atoms with Gasteiger partial charge in [0.25, 0.3) is 0 Å². The Hall–Kier alpha value is -1.74. The number of hydrogen-bond acceptors (Lipinski definition) is 2. The average Bonchev–Trinajstić information content (AvgIpc) is 2.38. The molecule has 0 amide bonds. The zero-order valence-electron chi connectivity index (χ0n) is 9.74. The zero-order chi connectivity index (χ0) is 13.0. The Morgan fingerprint density at radius 3 is 2.50 bits per heavy atom. The maximum atomic E-state index is 12.8. The molecule has 0 aliphatic carbocycles. The summed E-state index contributed by atoms with van der Waals surface area (Å²) in [5.41, 5.74) is 0.619. The van der Waals surface area contributed by atoms with Gasteiger partial charge in [0, 0.05) is 5.56 Å². The van der Waals surface area contributed by atoms with Gasteiger partial charge in [-0.25, -0.2) is 4.39 Å². The van der Waals surface area contributed by atoms with E-state index in [9.17, 15) is 4.39 Å². The molecule has 0 saturated heterocycles. The van der Waals surface area contributed by atoms with Crippen molar-refractivity contribution in [3.63, 3.8) is 0 Å². The number of hydrogen-bond donors (Lipinski definition) is 0. The molecule has 0 unspecified atom stereocenters. The summed E-state index contributed by atoms with van der Waals surface area (Å²) < 4.78 is 23.4. The van der Waals surface area contributed by atoms with Crippen LogP contribution in [0.2, 0.25) is 5.02 Å². The first-order chi connectivity index (χ1) is 8.69. The number of halogens is 2. The summed E-state index contributed by atoms with van der Waals surface area (Å²) in [4.78, 5) is 0. The van der Waals surface area contributed by atoms with Crippen molar-refractivity contribution >= 4 is 11.6 Å². The van der Waals surface area contributed by atoms with E-state index in [-0.39, 0.29) is 6.61 Å². The lowest BCUT2D eigenvalue weighted by Gasteiger charge is -2.08. The molecular formula is C14H11ClFO2. The highest BCUT2D eigenvalue weighted by molar-refractivity contribution is 6.31. The van der Waals surface area contributed by atoms with Gasteiger partial charge in [-0.2, -0.15) is 0 Å². The van der Waals surface area contributed by atoms with Crippen molar-refractivity contribution in [2.45, 2.75) is 6.61 Å². The highest BCUT2D eigenvalue weighted by Gasteiger charge is 2.03. The third-order valence-corrected chi connectivity index (χ3v) is 2.72. The molecule has 0 heterocycles. The molecule has 0 aliphatic rings. The number of methoxy groups -OCH3 is 1. The van der Waals surface area contributed by atoms with Crippen LogP contribution in [0.25, 0.3) is 0 Å². The summed E-state index contributed by atoms with van der Waals surface area (Å²) in [5, 5.41) is 0.309. The average molecular weight is 266 g/mol. The van der Waals surface area contributed by atoms with Crippen molar-refractivity contribution in [3.05, 3.63) is 58.9 Å². The van der Waals surface area contributed by atoms with E-state index in [1.54, 1.807) is 31.4 Å². The number of rotatable bonds is 4. The minimum absolute atomic E-state index is 0.242. The zero-order valence-corrected chi connectivity index (χ0v) is 10.5. The maximum absolute atomic E-state index is 12.8. The largest absolute Gasteiger partial charge is 0.497 e. The van der Waals surface area contributed by atoms with E-state index < -0.39 is 5.82 Å². The molecule has 4 heteroatoms. The molecule has 0 atom stereocenters. The van der Waals surface area contributed by atoms with Crippen LogP contribution in [-0.2, 0) is 6.61 Å². The first-order valence-electron chi connectivity index (χ1n) is 5.31. The van der Waals surface area contributed by atoms with Gasteiger partial charge in [-0.05, 0) is 42.5 Å². The maximum Gasteiger partial charge on any atom is 0.125 e. The topological polar surface area (TPSA) is 18.5 Å². The fraction of sp³-hybridized carbons (Fsp3) is 0.143. The van der Waals surface area contributed by atoms with E-state index in [0.717, 1.165) is 5.75 Å². The van der Waals surface area contributed by atoms with Crippen LogP contribution in [0.1, 0.15) is 5.56 Å². The SMILES string of the molecule is COc1ccc(OCc2[c]cc(F)cc2Cl)cc1. The lowest BCUT2D eigenvalue weighted by Crippen LogP contribution is -1.97.